The number of hydrogen-bond acceptors (Lipinski definition) is 0. The first kappa shape index (κ1) is 17.3. The molecule has 0 amide bonds. The molecule has 0 aliphatic heterocycles. The zero-order valence-corrected chi connectivity index (χ0v) is 12.3. The monoisotopic (exact) mass is 212 g/mol. The molecule has 0 radical (unpaired) electrons. The van der Waals surface area contributed by atoms with E-state index in [0.29, 0.717) is 0 Å². The second-order valence-electron chi connectivity index (χ2n) is 3.09. The molecule has 0 bridgehead atoms. The second-order valence-corrected chi connectivity index (χ2v) is 12.2. The average Bonchev–Trinajstić information content (AvgIpc) is 1.66. The minimum atomic E-state index is -0.139. The van der Waals surface area contributed by atoms with Crippen LogP contribution in [-0.4, -0.2) is 19.6 Å². The van der Waals surface area contributed by atoms with E-state index in [1.54, 1.807) is 0 Å². The standard InChI is InChI=1S/2C2H5.3CH3.Al.H2O.Zn/c2*1-2;;;;;;/h2*1H2,2H3;3*1H3;;1H2;. The average molecular weight is 214 g/mol. The molecule has 0 aromatic rings. The van der Waals surface area contributed by atoms with Gasteiger partial charge < -0.3 is 5.48 Å². The molecule has 0 saturated heterocycles. The maximum Gasteiger partial charge on any atom is 0.251 e. The first-order valence-corrected chi connectivity index (χ1v) is 11.8. The van der Waals surface area contributed by atoms with Gasteiger partial charge in [-0.05, 0) is 0 Å². The van der Waals surface area contributed by atoms with E-state index in [0.717, 1.165) is 0 Å². The Balaban J connectivity index is -0.0000000910. The van der Waals surface area contributed by atoms with E-state index in [1.165, 1.54) is 10.0 Å². The first-order valence-electron chi connectivity index (χ1n) is 4.15. The zero-order valence-electron chi connectivity index (χ0n) is 8.20. The van der Waals surface area contributed by atoms with Gasteiger partial charge in [-0.2, -0.15) is 0 Å². The molecule has 0 rings (SSSR count). The molecule has 0 atom stereocenters. The van der Waals surface area contributed by atoms with Crippen molar-refractivity contribution in [1.82, 2.24) is 0 Å². The largest absolute Gasteiger partial charge is 0.412 e. The molecule has 2 N–H and O–H groups in total. The van der Waals surface area contributed by atoms with Gasteiger partial charge in [-0.25, -0.2) is 0 Å². The summed E-state index contributed by atoms with van der Waals surface area (Å²) in [4.78, 5) is 0. The summed E-state index contributed by atoms with van der Waals surface area (Å²) in [7, 11) is 0. The molecule has 0 spiro atoms. The molecule has 0 unspecified atom stereocenters. The first-order chi connectivity index (χ1) is 4.15. The second kappa shape index (κ2) is 16.6. The Labute approximate surface area is 77.9 Å². The Morgan fingerprint density at radius 2 is 1.20 bits per heavy atom. The third-order valence-corrected chi connectivity index (χ3v) is 3.67. The summed E-state index contributed by atoms with van der Waals surface area (Å²) in [5.41, 5.74) is 0. The fourth-order valence-electron chi connectivity index (χ4n) is 0.354. The SMILES string of the molecule is C[CH2][Zn][CH2]C.O.[CH3][Al]([CH3])[CH3]. The van der Waals surface area contributed by atoms with E-state index < -0.39 is 0 Å². The van der Waals surface area contributed by atoms with Gasteiger partial charge in [0.15, 0.2) is 0 Å². The predicted octanol–water partition coefficient (Wildman–Crippen LogP) is 2.49. The van der Waals surface area contributed by atoms with E-state index >= 15 is 0 Å². The minimum Gasteiger partial charge on any atom is -0.412 e. The molecule has 60 valence electrons. The fraction of sp³-hybridized carbons (Fsp3) is 1.00. The number of hydrogen-bond donors (Lipinski definition) is 0. The predicted molar refractivity (Wildman–Crippen MR) is 47.9 cm³/mol. The van der Waals surface area contributed by atoms with Crippen molar-refractivity contribution >= 4 is 14.1 Å². The Kier molecular flexibility index (Phi) is 28.7. The fourth-order valence-corrected chi connectivity index (χ4v) is 1.84. The van der Waals surface area contributed by atoms with E-state index in [2.05, 4.69) is 31.2 Å². The van der Waals surface area contributed by atoms with Crippen LogP contribution in [0.1, 0.15) is 13.8 Å². The third-order valence-electron chi connectivity index (χ3n) is 0.707. The van der Waals surface area contributed by atoms with Crippen molar-refractivity contribution in [2.75, 3.05) is 0 Å². The zero-order chi connectivity index (χ0) is 7.70. The van der Waals surface area contributed by atoms with Crippen molar-refractivity contribution in [1.29, 1.82) is 0 Å². The smallest absolute Gasteiger partial charge is 0.251 e. The summed E-state index contributed by atoms with van der Waals surface area (Å²) >= 11 is -0.0417. The number of rotatable bonds is 2. The maximum absolute atomic E-state index is 2.31. The third kappa shape index (κ3) is 61.8. The van der Waals surface area contributed by atoms with Crippen LogP contribution < -0.4 is 0 Å². The van der Waals surface area contributed by atoms with Crippen LogP contribution in [0.25, 0.3) is 0 Å². The van der Waals surface area contributed by atoms with Crippen LogP contribution in [0, 0.1) is 0 Å². The Morgan fingerprint density at radius 1 is 1.00 bits per heavy atom. The van der Waals surface area contributed by atoms with Crippen molar-refractivity contribution in [3.63, 3.8) is 0 Å². The normalized spacial score (nSPS) is 6.10. The molecule has 10 heavy (non-hydrogen) atoms. The van der Waals surface area contributed by atoms with Crippen molar-refractivity contribution < 1.29 is 22.6 Å². The van der Waals surface area contributed by atoms with Crippen LogP contribution in [0.2, 0.25) is 27.4 Å². The summed E-state index contributed by atoms with van der Waals surface area (Å²) < 4.78 is 0. The van der Waals surface area contributed by atoms with Gasteiger partial charge in [-0.1, -0.05) is 0 Å². The van der Waals surface area contributed by atoms with Gasteiger partial charge in [0.1, 0.15) is 0 Å². The van der Waals surface area contributed by atoms with Gasteiger partial charge in [0.25, 0.3) is 14.1 Å². The van der Waals surface area contributed by atoms with E-state index in [-0.39, 0.29) is 36.8 Å². The topological polar surface area (TPSA) is 31.5 Å². The van der Waals surface area contributed by atoms with Gasteiger partial charge in [0, 0.05) is 0 Å². The van der Waals surface area contributed by atoms with Gasteiger partial charge >= 0.3 is 41.0 Å². The van der Waals surface area contributed by atoms with Crippen molar-refractivity contribution in [3.8, 4) is 0 Å². The molecular formula is C7H21AlOZn. The Bertz CT molecular complexity index is 37.8. The van der Waals surface area contributed by atoms with Crippen molar-refractivity contribution in [2.45, 2.75) is 41.2 Å². The van der Waals surface area contributed by atoms with Gasteiger partial charge in [-0.15, -0.1) is 17.4 Å². The molecule has 0 saturated carbocycles. The molecule has 3 heteroatoms. The van der Waals surface area contributed by atoms with Crippen LogP contribution in [0.15, 0.2) is 0 Å². The molecule has 1 nitrogen and oxygen atoms in total. The molecule has 0 fully saturated rings. The molecule has 0 aromatic heterocycles. The van der Waals surface area contributed by atoms with Gasteiger partial charge in [-0.3, -0.25) is 0 Å². The van der Waals surface area contributed by atoms with Crippen LogP contribution in [0.3, 0.4) is 0 Å². The summed E-state index contributed by atoms with van der Waals surface area (Å²) in [6, 6.07) is 0. The van der Waals surface area contributed by atoms with Gasteiger partial charge in [0.05, 0.1) is 0 Å². The van der Waals surface area contributed by atoms with Crippen LogP contribution in [-0.2, 0) is 17.1 Å². The summed E-state index contributed by atoms with van der Waals surface area (Å²) in [6.45, 7) is 4.59. The maximum atomic E-state index is 2.31. The van der Waals surface area contributed by atoms with E-state index in [1.807, 2.05) is 0 Å². The summed E-state index contributed by atoms with van der Waals surface area (Å²) in [6.07, 6.45) is 0. The minimum absolute atomic E-state index is 0. The van der Waals surface area contributed by atoms with Gasteiger partial charge in [0.2, 0.25) is 0 Å². The molecule has 0 aliphatic carbocycles. The van der Waals surface area contributed by atoms with Crippen LogP contribution in [0.5, 0.6) is 0 Å². The van der Waals surface area contributed by atoms with Crippen LogP contribution >= 0.6 is 0 Å². The van der Waals surface area contributed by atoms with Crippen molar-refractivity contribution in [2.24, 2.45) is 0 Å². The molecular weight excluding hydrogens is 192 g/mol. The van der Waals surface area contributed by atoms with Crippen LogP contribution in [0.4, 0.5) is 0 Å². The molecule has 0 aliphatic rings. The van der Waals surface area contributed by atoms with Crippen molar-refractivity contribution in [3.05, 3.63) is 0 Å². The quantitative estimate of drug-likeness (QED) is 0.632. The Hall–Kier alpha value is 1.12. The Morgan fingerprint density at radius 3 is 1.20 bits per heavy atom. The summed E-state index contributed by atoms with van der Waals surface area (Å²) in [5.74, 6) is 6.92. The molecule has 0 aromatic carbocycles. The molecule has 0 heterocycles. The van der Waals surface area contributed by atoms with E-state index in [9.17, 15) is 0 Å². The van der Waals surface area contributed by atoms with E-state index in [4.69, 9.17) is 0 Å². The summed E-state index contributed by atoms with van der Waals surface area (Å²) in [5, 5.41) is 3.06.